The monoisotopic (exact) mass is 1670 g/mol. The van der Waals surface area contributed by atoms with Gasteiger partial charge in [0, 0.05) is 79.9 Å². The van der Waals surface area contributed by atoms with Crippen LogP contribution in [0.2, 0.25) is 15.5 Å². The summed E-state index contributed by atoms with van der Waals surface area (Å²) in [5.41, 5.74) is 8.65. The fourth-order valence-electron chi connectivity index (χ4n) is 14.6. The van der Waals surface area contributed by atoms with Crippen LogP contribution in [0.15, 0.2) is 182 Å². The third kappa shape index (κ3) is 17.5. The number of nitrogens with zero attached hydrogens (tertiary/aromatic N) is 14. The van der Waals surface area contributed by atoms with E-state index in [-0.39, 0.29) is 78.7 Å². The smallest absolute Gasteiger partial charge is 0.433 e. The van der Waals surface area contributed by atoms with Crippen LogP contribution in [0.4, 0.5) is 30.2 Å². The SMILES string of the molecule is CN1C(=O)[C@@H](N2CCc3c(nn(Cc4ccccc4)c3Cl)C2=O)COc2cc(C#Cc3cccc(C(F)(F)F)n3)ccc21.CN1C(=O)[C@@H](N2CCc3c(nn(Cc4ccccc4)c3Cl)C2=O)COc2ccc(C#CC(C)(C)O)cc21.Cc1cccc(C#Cc2ccc3c(c2)N(C)C(=O)[C@@H](N2CCc4c(nn(Cc5ccccc5)c4Cl)C2=O)CO3)n1. The van der Waals surface area contributed by atoms with Gasteiger partial charge < -0.3 is 48.7 Å². The molecule has 0 saturated carbocycles. The molecule has 3 atom stereocenters. The molecule has 5 aromatic heterocycles. The molecule has 6 aliphatic heterocycles. The highest BCUT2D eigenvalue weighted by Crippen LogP contribution is 2.40. The van der Waals surface area contributed by atoms with Crippen molar-refractivity contribution in [1.29, 1.82) is 0 Å². The average molecular weight is 1680 g/mol. The third-order valence-corrected chi connectivity index (χ3v) is 22.2. The van der Waals surface area contributed by atoms with E-state index in [1.54, 1.807) is 96.4 Å². The van der Waals surface area contributed by atoms with Gasteiger partial charge in [0.25, 0.3) is 35.4 Å². The molecule has 0 spiro atoms. The summed E-state index contributed by atoms with van der Waals surface area (Å²) in [7, 11) is 4.93. The Kier molecular flexibility index (Phi) is 23.5. The lowest BCUT2D eigenvalue weighted by atomic mass is 10.0. The summed E-state index contributed by atoms with van der Waals surface area (Å²) in [4.78, 5) is 98.4. The zero-order valence-electron chi connectivity index (χ0n) is 65.7. The summed E-state index contributed by atoms with van der Waals surface area (Å²) in [5.74, 6) is 16.8. The van der Waals surface area contributed by atoms with Crippen molar-refractivity contribution in [2.45, 2.75) is 89.6 Å². The molecular weight excluding hydrogens is 1600 g/mol. The number of carbonyl (C=O) groups is 6. The summed E-state index contributed by atoms with van der Waals surface area (Å²) in [6, 6.07) is 51.4. The number of amides is 6. The molecule has 11 aromatic rings. The Bertz CT molecular complexity index is 6080. The van der Waals surface area contributed by atoms with E-state index in [0.717, 1.165) is 34.0 Å². The minimum absolute atomic E-state index is 0.0183. The predicted molar refractivity (Wildman–Crippen MR) is 443 cm³/mol. The number of likely N-dealkylation sites (N-methyl/N-ethyl adjacent to an activating group) is 3. The van der Waals surface area contributed by atoms with Crippen LogP contribution < -0.4 is 28.9 Å². The van der Waals surface area contributed by atoms with E-state index < -0.39 is 41.5 Å². The maximum atomic E-state index is 13.7. The summed E-state index contributed by atoms with van der Waals surface area (Å²) >= 11 is 19.8. The van der Waals surface area contributed by atoms with Crippen LogP contribution in [0.5, 0.6) is 17.2 Å². The summed E-state index contributed by atoms with van der Waals surface area (Å²) in [6.07, 6.45) is -3.15. The van der Waals surface area contributed by atoms with Crippen molar-refractivity contribution < 1.29 is 61.3 Å². The van der Waals surface area contributed by atoms with E-state index in [9.17, 15) is 47.0 Å². The molecule has 17 rings (SSSR count). The first-order chi connectivity index (χ1) is 57.6. The molecular formula is C90H76Cl3F3N14O10. The molecule has 0 fully saturated rings. The number of aromatic nitrogens is 8. The van der Waals surface area contributed by atoms with Crippen LogP contribution in [0, 0.1) is 42.4 Å². The zero-order valence-corrected chi connectivity index (χ0v) is 68.0. The lowest BCUT2D eigenvalue weighted by Gasteiger charge is -2.33. The van der Waals surface area contributed by atoms with Gasteiger partial charge in [-0.1, -0.05) is 162 Å². The van der Waals surface area contributed by atoms with Gasteiger partial charge in [-0.3, -0.25) is 28.8 Å². The first-order valence-electron chi connectivity index (χ1n) is 38.3. The molecule has 6 aromatic carbocycles. The fraction of sp³-hybridized carbons (Fsp3) is 0.256. The molecule has 120 heavy (non-hydrogen) atoms. The molecule has 1 N–H and O–H groups in total. The number of aryl methyl sites for hydroxylation is 1. The van der Waals surface area contributed by atoms with Crippen LogP contribution in [-0.4, -0.2) is 179 Å². The van der Waals surface area contributed by atoms with Gasteiger partial charge in [0.15, 0.2) is 17.1 Å². The van der Waals surface area contributed by atoms with Crippen LogP contribution in [0.25, 0.3) is 0 Å². The molecule has 6 amide bonds. The Morgan fingerprint density at radius 1 is 0.433 bits per heavy atom. The number of carbonyl (C=O) groups excluding carboxylic acids is 6. The van der Waals surface area contributed by atoms with Crippen molar-refractivity contribution in [2.75, 3.05) is 75.3 Å². The number of pyridine rings is 2. The largest absolute Gasteiger partial charge is 0.489 e. The molecule has 0 bridgehead atoms. The lowest BCUT2D eigenvalue weighted by Crippen LogP contribution is -2.54. The van der Waals surface area contributed by atoms with Crippen molar-refractivity contribution in [3.05, 3.63) is 287 Å². The van der Waals surface area contributed by atoms with Crippen LogP contribution >= 0.6 is 34.8 Å². The second-order valence-electron chi connectivity index (χ2n) is 29.6. The molecule has 0 aliphatic carbocycles. The Morgan fingerprint density at radius 3 is 1.20 bits per heavy atom. The van der Waals surface area contributed by atoms with Crippen LogP contribution in [0.3, 0.4) is 0 Å². The average Bonchev–Trinajstić information content (AvgIpc) is 1.61. The summed E-state index contributed by atoms with van der Waals surface area (Å²) in [5, 5.41) is 24.8. The molecule has 0 saturated heterocycles. The van der Waals surface area contributed by atoms with E-state index in [1.807, 2.05) is 128 Å². The van der Waals surface area contributed by atoms with E-state index in [2.05, 4.69) is 60.8 Å². The van der Waals surface area contributed by atoms with Crippen molar-refractivity contribution in [3.8, 4) is 52.8 Å². The normalized spacial score (nSPS) is 16.8. The van der Waals surface area contributed by atoms with E-state index in [1.165, 1.54) is 36.6 Å². The molecule has 24 nitrogen and oxygen atoms in total. The number of hydrogen-bond donors (Lipinski definition) is 1. The molecule has 0 radical (unpaired) electrons. The quantitative estimate of drug-likeness (QED) is 0.132. The first kappa shape index (κ1) is 81.9. The maximum absolute atomic E-state index is 13.7. The van der Waals surface area contributed by atoms with Crippen molar-refractivity contribution >= 4 is 87.3 Å². The van der Waals surface area contributed by atoms with Crippen molar-refractivity contribution in [1.82, 2.24) is 54.0 Å². The van der Waals surface area contributed by atoms with Gasteiger partial charge in [-0.15, -0.1) is 0 Å². The van der Waals surface area contributed by atoms with E-state index in [4.69, 9.17) is 49.0 Å². The number of rotatable bonds is 9. The van der Waals surface area contributed by atoms with Gasteiger partial charge in [-0.2, -0.15) is 28.5 Å². The third-order valence-electron chi connectivity index (χ3n) is 20.9. The highest BCUT2D eigenvalue weighted by Gasteiger charge is 2.45. The second kappa shape index (κ2) is 34.4. The number of halogens is 6. The Labute approximate surface area is 703 Å². The Balaban J connectivity index is 0.000000141. The summed E-state index contributed by atoms with van der Waals surface area (Å²) in [6.45, 7) is 7.29. The number of ether oxygens (including phenoxy) is 3. The first-order valence-corrected chi connectivity index (χ1v) is 39.5. The minimum atomic E-state index is -4.57. The predicted octanol–water partition coefficient (Wildman–Crippen LogP) is 12.1. The number of anilines is 3. The number of hydrogen-bond acceptors (Lipinski definition) is 15. The maximum Gasteiger partial charge on any atom is 0.433 e. The Morgan fingerprint density at radius 2 is 0.800 bits per heavy atom. The number of alkyl halides is 3. The lowest BCUT2D eigenvalue weighted by molar-refractivity contribution is -0.141. The zero-order chi connectivity index (χ0) is 84.4. The van der Waals surface area contributed by atoms with Gasteiger partial charge in [-0.05, 0) is 147 Å². The molecule has 11 heterocycles. The van der Waals surface area contributed by atoms with E-state index >= 15 is 0 Å². The van der Waals surface area contributed by atoms with Crippen molar-refractivity contribution in [2.24, 2.45) is 0 Å². The van der Waals surface area contributed by atoms with Gasteiger partial charge in [0.1, 0.15) is 93.3 Å². The minimum Gasteiger partial charge on any atom is -0.489 e. The van der Waals surface area contributed by atoms with Crippen LogP contribution in [0.1, 0.15) is 118 Å². The van der Waals surface area contributed by atoms with Crippen LogP contribution in [-0.2, 0) is 59.5 Å². The molecule has 608 valence electrons. The fourth-order valence-corrected chi connectivity index (χ4v) is 15.5. The summed E-state index contributed by atoms with van der Waals surface area (Å²) < 4.78 is 61.9. The van der Waals surface area contributed by atoms with Crippen molar-refractivity contribution in [3.63, 3.8) is 0 Å². The molecule has 30 heteroatoms. The van der Waals surface area contributed by atoms with Gasteiger partial charge in [0.05, 0.1) is 36.7 Å². The second-order valence-corrected chi connectivity index (χ2v) is 30.7. The number of fused-ring (bicyclic) bond motifs is 6. The van der Waals surface area contributed by atoms with E-state index in [0.29, 0.717) is 135 Å². The highest BCUT2D eigenvalue weighted by molar-refractivity contribution is 6.32. The Hall–Kier alpha value is -13.2. The van der Waals surface area contributed by atoms with Gasteiger partial charge in [-0.25, -0.2) is 24.0 Å². The highest BCUT2D eigenvalue weighted by atomic mass is 35.5. The topological polar surface area (TPSA) is 249 Å². The molecule has 6 aliphatic rings. The molecule has 0 unspecified atom stereocenters. The number of aliphatic hydroxyl groups is 1. The number of benzene rings is 6. The standard InChI is InChI=1S/C31H23ClF3N5O3.C31H26ClN5O3.C28H27ClN4O4/c1-38-23-13-11-19(10-12-21-8-5-9-26(36-21)31(33,34)35)16-25(23)43-18-24(29(38)41)39-15-14-22-27(30(39)42)37-40(28(22)32)17-20-6-3-2-4-7-20;1-20-7-6-10-23(33-20)13-11-21-12-14-27-25(17-21)35(2)30(38)26(19-40-27)36-16-15-24-28(31(36)39)34-37(29(24)32)18-22-8-4-3-5-9-22;1-28(2,36)13-11-18-9-10-23-21(15-18)31(3)26(34)22(17-37-23)32-14-12-20-24(27(32)35)30-33(25(20)29)16-19-7-5-4-6-8-19/h2-9,11,13,16,24H,14-15,17-18H2,1H3;3-10,12,14,17,26H,15-16,18-19H2,1-2H3;4-10,15,22,36H,12,14,16-17H2,1-3H3/t24-;26-;22-/m000/s1. The van der Waals surface area contributed by atoms with Gasteiger partial charge >= 0.3 is 6.18 Å². The van der Waals surface area contributed by atoms with Gasteiger partial charge in [0.2, 0.25) is 0 Å².